The molecule has 1 aliphatic rings. The van der Waals surface area contributed by atoms with Gasteiger partial charge in [-0.05, 0) is 79.2 Å². The third kappa shape index (κ3) is 3.10. The average molecular weight is 495 g/mol. The third-order valence-corrected chi connectivity index (χ3v) is 7.88. The van der Waals surface area contributed by atoms with E-state index in [1.165, 1.54) is 6.07 Å². The lowest BCUT2D eigenvalue weighted by molar-refractivity contribution is 0.0653. The molecule has 0 aliphatic heterocycles. The molecule has 6 aromatic rings. The number of aryl methyl sites for hydroxylation is 1. The van der Waals surface area contributed by atoms with Crippen LogP contribution in [0.4, 0.5) is 0 Å². The van der Waals surface area contributed by atoms with E-state index in [1.807, 2.05) is 30.3 Å². The van der Waals surface area contributed by atoms with Gasteiger partial charge in [-0.15, -0.1) is 0 Å². The number of carboxylic acids is 2. The molecule has 0 fully saturated rings. The van der Waals surface area contributed by atoms with Crippen molar-refractivity contribution in [2.24, 2.45) is 0 Å². The van der Waals surface area contributed by atoms with E-state index in [0.29, 0.717) is 11.8 Å². The topological polar surface area (TPSA) is 74.6 Å². The predicted molar refractivity (Wildman–Crippen MR) is 151 cm³/mol. The molecule has 38 heavy (non-hydrogen) atoms. The van der Waals surface area contributed by atoms with Gasteiger partial charge in [0, 0.05) is 5.39 Å². The van der Waals surface area contributed by atoms with Gasteiger partial charge in [-0.3, -0.25) is 0 Å². The van der Waals surface area contributed by atoms with Gasteiger partial charge >= 0.3 is 11.9 Å². The smallest absolute Gasteiger partial charge is 0.337 e. The minimum atomic E-state index is -1.23. The van der Waals surface area contributed by atoms with Crippen LogP contribution >= 0.6 is 0 Å². The zero-order valence-electron chi connectivity index (χ0n) is 20.4. The molecule has 0 heterocycles. The lowest BCUT2D eigenvalue weighted by atomic mass is 9.72. The number of carboxylic acid groups (broad SMARTS) is 2. The van der Waals surface area contributed by atoms with Crippen molar-refractivity contribution < 1.29 is 19.8 Å². The highest BCUT2D eigenvalue weighted by Crippen LogP contribution is 2.50. The summed E-state index contributed by atoms with van der Waals surface area (Å²) in [5.74, 6) is -2.45. The summed E-state index contributed by atoms with van der Waals surface area (Å²) in [5, 5.41) is 25.9. The van der Waals surface area contributed by atoms with Crippen molar-refractivity contribution in [3.8, 4) is 22.3 Å². The highest BCUT2D eigenvalue weighted by molar-refractivity contribution is 6.21. The third-order valence-electron chi connectivity index (χ3n) is 7.88. The zero-order chi connectivity index (χ0) is 26.0. The summed E-state index contributed by atoms with van der Waals surface area (Å²) in [6.45, 7) is 0. The van der Waals surface area contributed by atoms with Crippen molar-refractivity contribution >= 4 is 44.3 Å². The van der Waals surface area contributed by atoms with Gasteiger partial charge in [0.15, 0.2) is 0 Å². The van der Waals surface area contributed by atoms with Crippen LogP contribution in [-0.4, -0.2) is 22.2 Å². The summed E-state index contributed by atoms with van der Waals surface area (Å²) in [4.78, 5) is 24.6. The molecule has 0 saturated carbocycles. The highest BCUT2D eigenvalue weighted by Gasteiger charge is 2.32. The molecule has 6 aromatic carbocycles. The number of aromatic carboxylic acids is 2. The summed E-state index contributed by atoms with van der Waals surface area (Å²) in [6, 6.07) is 32.2. The largest absolute Gasteiger partial charge is 0.478 e. The molecular weight excluding hydrogens is 472 g/mol. The molecule has 0 atom stereocenters. The lowest BCUT2D eigenvalue weighted by Gasteiger charge is -2.30. The van der Waals surface area contributed by atoms with E-state index in [4.69, 9.17) is 0 Å². The van der Waals surface area contributed by atoms with Crippen LogP contribution in [0.3, 0.4) is 0 Å². The molecule has 0 unspecified atom stereocenters. The molecule has 0 radical (unpaired) electrons. The minimum absolute atomic E-state index is 0.128. The maximum atomic E-state index is 12.6. The molecule has 4 heteroatoms. The molecule has 2 N–H and O–H groups in total. The van der Waals surface area contributed by atoms with Crippen molar-refractivity contribution in [2.75, 3.05) is 0 Å². The van der Waals surface area contributed by atoms with Gasteiger partial charge < -0.3 is 10.2 Å². The molecule has 0 spiro atoms. The Morgan fingerprint density at radius 1 is 0.526 bits per heavy atom. The van der Waals surface area contributed by atoms with Gasteiger partial charge in [0.2, 0.25) is 0 Å². The van der Waals surface area contributed by atoms with Crippen LogP contribution in [0.5, 0.6) is 0 Å². The Hall–Kier alpha value is -4.96. The molecule has 0 bridgehead atoms. The molecular formula is C34H22O4. The van der Waals surface area contributed by atoms with E-state index in [9.17, 15) is 19.8 Å². The van der Waals surface area contributed by atoms with Crippen LogP contribution in [0.1, 0.15) is 31.8 Å². The van der Waals surface area contributed by atoms with Crippen LogP contribution in [0, 0.1) is 0 Å². The molecule has 7 rings (SSSR count). The monoisotopic (exact) mass is 494 g/mol. The number of rotatable bonds is 4. The fourth-order valence-electron chi connectivity index (χ4n) is 6.20. The van der Waals surface area contributed by atoms with E-state index < -0.39 is 11.9 Å². The number of carbonyl (C=O) groups is 2. The average Bonchev–Trinajstić information content (AvgIpc) is 2.91. The van der Waals surface area contributed by atoms with Gasteiger partial charge in [-0.1, -0.05) is 91.0 Å². The van der Waals surface area contributed by atoms with E-state index in [-0.39, 0.29) is 11.1 Å². The van der Waals surface area contributed by atoms with Crippen LogP contribution < -0.4 is 0 Å². The predicted octanol–water partition coefficient (Wildman–Crippen LogP) is 7.98. The molecule has 0 amide bonds. The maximum Gasteiger partial charge on any atom is 0.337 e. The minimum Gasteiger partial charge on any atom is -0.478 e. The zero-order valence-corrected chi connectivity index (χ0v) is 20.4. The molecule has 1 aliphatic carbocycles. The summed E-state index contributed by atoms with van der Waals surface area (Å²) >= 11 is 0. The molecule has 4 nitrogen and oxygen atoms in total. The van der Waals surface area contributed by atoms with E-state index in [0.717, 1.165) is 66.7 Å². The second-order valence-electron chi connectivity index (χ2n) is 9.78. The standard InChI is InChI=1S/C34H22O4/c35-33(36)28-18-17-27-30(24-14-6-10-20-8-2-4-12-22(20)24)29(23-13-5-9-19-7-1-3-11-21(19)23)25-15-16-26(25)31(27)32(28)34(37)38/h1-14,17-18H,15-16H2,(H,35,36)(H,37,38). The molecule has 0 aromatic heterocycles. The van der Waals surface area contributed by atoms with Gasteiger partial charge in [-0.25, -0.2) is 9.59 Å². The van der Waals surface area contributed by atoms with Crippen molar-refractivity contribution in [3.63, 3.8) is 0 Å². The second-order valence-corrected chi connectivity index (χ2v) is 9.78. The Balaban J connectivity index is 1.74. The summed E-state index contributed by atoms with van der Waals surface area (Å²) in [7, 11) is 0. The Morgan fingerprint density at radius 2 is 1.08 bits per heavy atom. The maximum absolute atomic E-state index is 12.6. The summed E-state index contributed by atoms with van der Waals surface area (Å²) < 4.78 is 0. The van der Waals surface area contributed by atoms with Crippen molar-refractivity contribution in [3.05, 3.63) is 119 Å². The van der Waals surface area contributed by atoms with Crippen molar-refractivity contribution in [1.29, 1.82) is 0 Å². The van der Waals surface area contributed by atoms with Gasteiger partial charge in [0.1, 0.15) is 0 Å². The van der Waals surface area contributed by atoms with Crippen molar-refractivity contribution in [1.82, 2.24) is 0 Å². The van der Waals surface area contributed by atoms with Crippen molar-refractivity contribution in [2.45, 2.75) is 12.8 Å². The fraction of sp³-hybridized carbons (Fsp3) is 0.0588. The molecule has 0 saturated heterocycles. The fourth-order valence-corrected chi connectivity index (χ4v) is 6.20. The van der Waals surface area contributed by atoms with Gasteiger partial charge in [-0.2, -0.15) is 0 Å². The van der Waals surface area contributed by atoms with Gasteiger partial charge in [0.05, 0.1) is 11.1 Å². The number of benzene rings is 6. The number of hydrogen-bond acceptors (Lipinski definition) is 2. The van der Waals surface area contributed by atoms with Crippen LogP contribution in [0.25, 0.3) is 54.6 Å². The van der Waals surface area contributed by atoms with Gasteiger partial charge in [0.25, 0.3) is 0 Å². The quantitative estimate of drug-likeness (QED) is 0.261. The second kappa shape index (κ2) is 8.29. The normalized spacial score (nSPS) is 12.4. The first-order chi connectivity index (χ1) is 18.5. The SMILES string of the molecule is O=C(O)c1ccc2c(-c3cccc4ccccc34)c(-c3cccc4ccccc34)c3c(c2c1C(=O)O)CC3. The van der Waals surface area contributed by atoms with E-state index in [1.54, 1.807) is 6.07 Å². The first kappa shape index (κ1) is 22.3. The number of fused-ring (bicyclic) bond motifs is 5. The van der Waals surface area contributed by atoms with Crippen LogP contribution in [0.15, 0.2) is 97.1 Å². The first-order valence-electron chi connectivity index (χ1n) is 12.6. The summed E-state index contributed by atoms with van der Waals surface area (Å²) in [5.41, 5.74) is 5.89. The van der Waals surface area contributed by atoms with Crippen LogP contribution in [-0.2, 0) is 12.8 Å². The van der Waals surface area contributed by atoms with Crippen LogP contribution in [0.2, 0.25) is 0 Å². The Kier molecular flexibility index (Phi) is 4.85. The van der Waals surface area contributed by atoms with E-state index >= 15 is 0 Å². The number of hydrogen-bond donors (Lipinski definition) is 2. The Labute approximate surface area is 218 Å². The first-order valence-corrected chi connectivity index (χ1v) is 12.6. The lowest BCUT2D eigenvalue weighted by Crippen LogP contribution is -2.17. The summed E-state index contributed by atoms with van der Waals surface area (Å²) in [6.07, 6.45) is 1.51. The Bertz CT molecular complexity index is 1970. The highest BCUT2D eigenvalue weighted by atomic mass is 16.4. The Morgan fingerprint density at radius 3 is 1.63 bits per heavy atom. The molecule has 182 valence electrons. The van der Waals surface area contributed by atoms with E-state index in [2.05, 4.69) is 54.6 Å².